The van der Waals surface area contributed by atoms with E-state index in [1.54, 1.807) is 56.3 Å². The van der Waals surface area contributed by atoms with Gasteiger partial charge in [-0.15, -0.1) is 0 Å². The average Bonchev–Trinajstić information content (AvgIpc) is 2.66. The van der Waals surface area contributed by atoms with Crippen molar-refractivity contribution in [1.82, 2.24) is 0 Å². The van der Waals surface area contributed by atoms with Crippen LogP contribution in [-0.2, 0) is 14.8 Å². The number of para-hydroxylation sites is 3. The summed E-state index contributed by atoms with van der Waals surface area (Å²) in [4.78, 5) is 21.5. The summed E-state index contributed by atoms with van der Waals surface area (Å²) in [7, 11) is -3.86. The topological polar surface area (TPSA) is 88.0 Å². The van der Waals surface area contributed by atoms with E-state index in [4.69, 9.17) is 0 Å². The number of hydrogen-bond donors (Lipinski definition) is 1. The number of anilines is 1. The Hall–Kier alpha value is -3.32. The Bertz CT molecular complexity index is 1370. The predicted molar refractivity (Wildman–Crippen MR) is 114 cm³/mol. The third-order valence-corrected chi connectivity index (χ3v) is 6.66. The number of amides is 1. The van der Waals surface area contributed by atoms with Crippen LogP contribution in [0.5, 0.6) is 0 Å². The van der Waals surface area contributed by atoms with Crippen molar-refractivity contribution in [1.29, 1.82) is 0 Å². The number of nitrogens with zero attached hydrogens (tertiary/aromatic N) is 2. The molecule has 3 aromatic carbocycles. The molecule has 0 aromatic heterocycles. The molecule has 1 heterocycles. The third kappa shape index (κ3) is 3.64. The zero-order valence-electron chi connectivity index (χ0n) is 16.9. The van der Waals surface area contributed by atoms with E-state index in [-0.39, 0.29) is 4.90 Å². The lowest BCUT2D eigenvalue weighted by atomic mass is 10.0. The smallest absolute Gasteiger partial charge is 0.275 e. The Morgan fingerprint density at radius 3 is 2.17 bits per heavy atom. The largest absolute Gasteiger partial charge is 0.279 e. The van der Waals surface area contributed by atoms with Crippen LogP contribution >= 0.6 is 0 Å². The molecule has 0 aliphatic carbocycles. The zero-order chi connectivity index (χ0) is 21.5. The van der Waals surface area contributed by atoms with Crippen molar-refractivity contribution in [3.8, 4) is 0 Å². The molecule has 7 heteroatoms. The summed E-state index contributed by atoms with van der Waals surface area (Å²) >= 11 is 0. The lowest BCUT2D eigenvalue weighted by molar-refractivity contribution is -0.119. The maximum atomic E-state index is 13.2. The van der Waals surface area contributed by atoms with Gasteiger partial charge in [0.1, 0.15) is 0 Å². The van der Waals surface area contributed by atoms with E-state index in [9.17, 15) is 13.2 Å². The molecule has 30 heavy (non-hydrogen) atoms. The molecule has 0 saturated carbocycles. The number of sulfonamides is 1. The molecule has 0 fully saturated rings. The molecule has 1 N–H and O–H groups in total. The van der Waals surface area contributed by atoms with E-state index in [2.05, 4.69) is 14.7 Å². The number of fused-ring (bicyclic) bond motifs is 1. The normalized spacial score (nSPS) is 15.7. The van der Waals surface area contributed by atoms with E-state index in [1.807, 2.05) is 25.1 Å². The minimum Gasteiger partial charge on any atom is -0.279 e. The monoisotopic (exact) mass is 419 g/mol. The highest BCUT2D eigenvalue weighted by atomic mass is 32.2. The number of rotatable bonds is 4. The van der Waals surface area contributed by atoms with Gasteiger partial charge in [0, 0.05) is 5.56 Å². The number of hydrogen-bond acceptors (Lipinski definition) is 4. The molecule has 152 valence electrons. The molecule has 4 rings (SSSR count). The minimum absolute atomic E-state index is 0.241. The third-order valence-electron chi connectivity index (χ3n) is 4.99. The number of benzene rings is 3. The second-order valence-electron chi connectivity index (χ2n) is 7.39. The van der Waals surface area contributed by atoms with Crippen molar-refractivity contribution in [2.24, 2.45) is 9.98 Å². The zero-order valence-corrected chi connectivity index (χ0v) is 17.7. The molecule has 6 nitrogen and oxygen atoms in total. The fraction of sp³-hybridized carbons (Fsp3) is 0.174. The SMILES string of the molecule is Cc1cc(C)c(S(=O)(=O)Nc2ccccc2C2N=c3ccccc3=NC2=O)c(C)c1. The molecule has 1 unspecified atom stereocenters. The van der Waals surface area contributed by atoms with Gasteiger partial charge < -0.3 is 0 Å². The van der Waals surface area contributed by atoms with Gasteiger partial charge in [0.05, 0.1) is 21.3 Å². The Morgan fingerprint density at radius 1 is 0.867 bits per heavy atom. The summed E-state index contributed by atoms with van der Waals surface area (Å²) in [5.41, 5.74) is 3.11. The Kier molecular flexibility index (Phi) is 4.99. The van der Waals surface area contributed by atoms with Gasteiger partial charge in [-0.2, -0.15) is 0 Å². The maximum absolute atomic E-state index is 13.2. The number of aryl methyl sites for hydroxylation is 3. The van der Waals surface area contributed by atoms with Crippen LogP contribution in [0.4, 0.5) is 5.69 Å². The van der Waals surface area contributed by atoms with E-state index < -0.39 is 22.0 Å². The lowest BCUT2D eigenvalue weighted by Gasteiger charge is -2.19. The first-order valence-corrected chi connectivity index (χ1v) is 11.0. The van der Waals surface area contributed by atoms with Crippen LogP contribution in [0, 0.1) is 20.8 Å². The van der Waals surface area contributed by atoms with Crippen LogP contribution < -0.4 is 15.4 Å². The van der Waals surface area contributed by atoms with Crippen LogP contribution in [0.15, 0.2) is 75.5 Å². The van der Waals surface area contributed by atoms with Crippen molar-refractivity contribution >= 4 is 21.6 Å². The first kappa shape index (κ1) is 20.0. The molecule has 1 aliphatic heterocycles. The van der Waals surface area contributed by atoms with Crippen molar-refractivity contribution in [2.75, 3.05) is 4.72 Å². The Balaban J connectivity index is 1.79. The summed E-state index contributed by atoms with van der Waals surface area (Å²) in [6.07, 6.45) is 0. The summed E-state index contributed by atoms with van der Waals surface area (Å²) in [5.74, 6) is -0.428. The van der Waals surface area contributed by atoms with Crippen molar-refractivity contribution in [2.45, 2.75) is 31.7 Å². The molecular formula is C23H21N3O3S. The molecule has 0 radical (unpaired) electrons. The van der Waals surface area contributed by atoms with E-state index >= 15 is 0 Å². The number of nitrogens with one attached hydrogen (secondary N) is 1. The van der Waals surface area contributed by atoms with Crippen LogP contribution in [0.1, 0.15) is 28.3 Å². The van der Waals surface area contributed by atoms with Crippen molar-refractivity contribution in [3.63, 3.8) is 0 Å². The Morgan fingerprint density at radius 2 is 1.47 bits per heavy atom. The van der Waals surface area contributed by atoms with Gasteiger partial charge in [-0.05, 0) is 50.1 Å². The second-order valence-corrected chi connectivity index (χ2v) is 9.01. The highest BCUT2D eigenvalue weighted by molar-refractivity contribution is 7.92. The van der Waals surface area contributed by atoms with Gasteiger partial charge in [0.25, 0.3) is 15.9 Å². The van der Waals surface area contributed by atoms with Crippen LogP contribution in [-0.4, -0.2) is 14.3 Å². The molecule has 3 aromatic rings. The highest BCUT2D eigenvalue weighted by Gasteiger charge is 2.27. The van der Waals surface area contributed by atoms with Gasteiger partial charge in [-0.3, -0.25) is 14.5 Å². The summed E-state index contributed by atoms with van der Waals surface area (Å²) < 4.78 is 29.1. The van der Waals surface area contributed by atoms with Crippen LogP contribution in [0.3, 0.4) is 0 Å². The lowest BCUT2D eigenvalue weighted by Crippen LogP contribution is -2.33. The first-order chi connectivity index (χ1) is 14.3. The standard InChI is InChI=1S/C23H21N3O3S/c1-14-12-15(2)22(16(3)13-14)30(28,29)26-18-9-5-4-8-17(18)21-23(27)25-20-11-7-6-10-19(20)24-21/h4-13,21,26H,1-3H3. The molecule has 1 aliphatic rings. The number of carbonyl (C=O) groups excluding carboxylic acids is 1. The summed E-state index contributed by atoms with van der Waals surface area (Å²) in [6, 6.07) is 16.7. The second kappa shape index (κ2) is 7.50. The van der Waals surface area contributed by atoms with Gasteiger partial charge in [0.2, 0.25) is 0 Å². The van der Waals surface area contributed by atoms with Gasteiger partial charge in [-0.1, -0.05) is 48.0 Å². The predicted octanol–water partition coefficient (Wildman–Crippen LogP) is 2.93. The number of carbonyl (C=O) groups is 1. The van der Waals surface area contributed by atoms with Crippen LogP contribution in [0.25, 0.3) is 0 Å². The van der Waals surface area contributed by atoms with Crippen molar-refractivity contribution < 1.29 is 13.2 Å². The van der Waals surface area contributed by atoms with Crippen LogP contribution in [0.2, 0.25) is 0 Å². The van der Waals surface area contributed by atoms with E-state index in [0.717, 1.165) is 5.56 Å². The van der Waals surface area contributed by atoms with Crippen molar-refractivity contribution in [3.05, 3.63) is 93.6 Å². The highest BCUT2D eigenvalue weighted by Crippen LogP contribution is 2.30. The first-order valence-electron chi connectivity index (χ1n) is 9.51. The van der Waals surface area contributed by atoms with Gasteiger partial charge in [-0.25, -0.2) is 13.4 Å². The quantitative estimate of drug-likeness (QED) is 0.705. The minimum atomic E-state index is -3.86. The maximum Gasteiger partial charge on any atom is 0.275 e. The fourth-order valence-corrected chi connectivity index (χ4v) is 5.40. The molecule has 1 atom stereocenters. The molecule has 0 saturated heterocycles. The fourth-order valence-electron chi connectivity index (χ4n) is 3.86. The van der Waals surface area contributed by atoms with Gasteiger partial charge in [0.15, 0.2) is 6.04 Å². The summed E-state index contributed by atoms with van der Waals surface area (Å²) in [6.45, 7) is 5.48. The molecule has 0 bridgehead atoms. The van der Waals surface area contributed by atoms with E-state index in [0.29, 0.717) is 33.1 Å². The molecule has 0 spiro atoms. The average molecular weight is 420 g/mol. The summed E-state index contributed by atoms with van der Waals surface area (Å²) in [5, 5.41) is 1.12. The van der Waals surface area contributed by atoms with Gasteiger partial charge >= 0.3 is 0 Å². The van der Waals surface area contributed by atoms with E-state index in [1.165, 1.54) is 0 Å². The molecular weight excluding hydrogens is 398 g/mol. The Labute approximate surface area is 175 Å². The molecule has 1 amide bonds.